The van der Waals surface area contributed by atoms with Crippen LogP contribution in [-0.4, -0.2) is 25.0 Å². The molecule has 0 unspecified atom stereocenters. The van der Waals surface area contributed by atoms with Crippen LogP contribution in [0.4, 0.5) is 11.4 Å². The molecule has 0 fully saturated rings. The Bertz CT molecular complexity index is 748. The lowest BCUT2D eigenvalue weighted by molar-refractivity contribution is -0.114. The summed E-state index contributed by atoms with van der Waals surface area (Å²) in [5.41, 5.74) is 1.67. The number of amides is 1. The van der Waals surface area contributed by atoms with E-state index in [0.29, 0.717) is 33.6 Å². The van der Waals surface area contributed by atoms with Gasteiger partial charge in [0.2, 0.25) is 5.91 Å². The van der Waals surface area contributed by atoms with Gasteiger partial charge in [0.05, 0.1) is 29.4 Å². The van der Waals surface area contributed by atoms with Crippen molar-refractivity contribution in [1.29, 1.82) is 0 Å². The van der Waals surface area contributed by atoms with E-state index < -0.39 is 0 Å². The molecule has 0 saturated carbocycles. The van der Waals surface area contributed by atoms with E-state index in [1.165, 1.54) is 0 Å². The molecule has 0 radical (unpaired) electrons. The Morgan fingerprint density at radius 2 is 1.80 bits per heavy atom. The summed E-state index contributed by atoms with van der Waals surface area (Å²) in [6, 6.07) is 11.6. The lowest BCUT2D eigenvalue weighted by atomic mass is 10.2. The van der Waals surface area contributed by atoms with Gasteiger partial charge in [-0.3, -0.25) is 4.79 Å². The smallest absolute Gasteiger partial charge is 0.338 e. The fraction of sp³-hybridized carbons (Fsp3) is 0.222. The van der Waals surface area contributed by atoms with Crippen LogP contribution in [0, 0.1) is 0 Å². The molecule has 2 aromatic carbocycles. The first kappa shape index (κ1) is 19.1. The van der Waals surface area contributed by atoms with Crippen LogP contribution in [0.2, 0.25) is 10.0 Å². The van der Waals surface area contributed by atoms with Gasteiger partial charge < -0.3 is 15.4 Å². The van der Waals surface area contributed by atoms with Crippen molar-refractivity contribution in [2.45, 2.75) is 13.3 Å². The predicted molar refractivity (Wildman–Crippen MR) is 101 cm³/mol. The van der Waals surface area contributed by atoms with E-state index in [2.05, 4.69) is 10.6 Å². The van der Waals surface area contributed by atoms with E-state index in [4.69, 9.17) is 27.9 Å². The molecule has 0 aliphatic heterocycles. The number of hydrogen-bond acceptors (Lipinski definition) is 4. The summed E-state index contributed by atoms with van der Waals surface area (Å²) in [5, 5.41) is 6.54. The average Bonchev–Trinajstić information content (AvgIpc) is 2.60. The highest BCUT2D eigenvalue weighted by Gasteiger charge is 2.08. The first-order valence-electron chi connectivity index (χ1n) is 7.75. The molecule has 7 heteroatoms. The van der Waals surface area contributed by atoms with Crippen molar-refractivity contribution < 1.29 is 14.3 Å². The second-order valence-corrected chi connectivity index (χ2v) is 6.08. The number of rotatable bonds is 7. The van der Waals surface area contributed by atoms with Crippen molar-refractivity contribution in [3.05, 3.63) is 58.1 Å². The third kappa shape index (κ3) is 5.96. The minimum atomic E-state index is -0.358. The summed E-state index contributed by atoms with van der Waals surface area (Å²) in [5.74, 6) is -0.612. The molecule has 132 valence electrons. The summed E-state index contributed by atoms with van der Waals surface area (Å²) in [6.45, 7) is 2.38. The van der Waals surface area contributed by atoms with Crippen LogP contribution in [0.3, 0.4) is 0 Å². The standard InChI is InChI=1S/C18H18Cl2N2O3/c1-2-9-25-18(24)12-3-6-14(7-4-12)21-11-17(23)22-16-8-5-13(19)10-15(16)20/h3-8,10,21H,2,9,11H2,1H3,(H,22,23). The third-order valence-corrected chi connectivity index (χ3v) is 3.76. The SMILES string of the molecule is CCCOC(=O)c1ccc(NCC(=O)Nc2ccc(Cl)cc2Cl)cc1. The van der Waals surface area contributed by atoms with Crippen molar-refractivity contribution in [3.63, 3.8) is 0 Å². The van der Waals surface area contributed by atoms with Crippen LogP contribution in [0.1, 0.15) is 23.7 Å². The van der Waals surface area contributed by atoms with Gasteiger partial charge in [0, 0.05) is 10.7 Å². The Labute approximate surface area is 156 Å². The summed E-state index contributed by atoms with van der Waals surface area (Å²) in [4.78, 5) is 23.7. The second kappa shape index (κ2) is 9.30. The molecule has 25 heavy (non-hydrogen) atoms. The van der Waals surface area contributed by atoms with Gasteiger partial charge in [0.15, 0.2) is 0 Å². The average molecular weight is 381 g/mol. The zero-order valence-corrected chi connectivity index (χ0v) is 15.2. The van der Waals surface area contributed by atoms with E-state index in [0.717, 1.165) is 6.42 Å². The zero-order chi connectivity index (χ0) is 18.2. The number of hydrogen-bond donors (Lipinski definition) is 2. The first-order valence-corrected chi connectivity index (χ1v) is 8.51. The molecule has 0 bridgehead atoms. The summed E-state index contributed by atoms with van der Waals surface area (Å²) >= 11 is 11.8. The molecule has 0 spiro atoms. The fourth-order valence-electron chi connectivity index (χ4n) is 1.97. The van der Waals surface area contributed by atoms with Gasteiger partial charge in [-0.25, -0.2) is 4.79 Å². The van der Waals surface area contributed by atoms with Gasteiger partial charge in [-0.15, -0.1) is 0 Å². The summed E-state index contributed by atoms with van der Waals surface area (Å²) in [6.07, 6.45) is 0.776. The maximum atomic E-state index is 12.0. The van der Waals surface area contributed by atoms with Crippen LogP contribution in [0.5, 0.6) is 0 Å². The lowest BCUT2D eigenvalue weighted by Crippen LogP contribution is -2.21. The number of anilines is 2. The molecular formula is C18H18Cl2N2O3. The quantitative estimate of drug-likeness (QED) is 0.688. The number of nitrogens with one attached hydrogen (secondary N) is 2. The predicted octanol–water partition coefficient (Wildman–Crippen LogP) is 4.61. The molecule has 2 aromatic rings. The second-order valence-electron chi connectivity index (χ2n) is 5.24. The number of benzene rings is 2. The molecule has 1 amide bonds. The van der Waals surface area contributed by atoms with E-state index in [1.807, 2.05) is 6.92 Å². The molecule has 2 N–H and O–H groups in total. The molecule has 0 atom stereocenters. The molecular weight excluding hydrogens is 363 g/mol. The van der Waals surface area contributed by atoms with Gasteiger partial charge in [0.1, 0.15) is 0 Å². The van der Waals surface area contributed by atoms with Crippen LogP contribution in [0.15, 0.2) is 42.5 Å². The number of esters is 1. The number of halogens is 2. The highest BCUT2D eigenvalue weighted by Crippen LogP contribution is 2.25. The molecule has 2 rings (SSSR count). The van der Waals surface area contributed by atoms with Gasteiger partial charge in [-0.05, 0) is 48.9 Å². The van der Waals surface area contributed by atoms with Crippen LogP contribution in [0.25, 0.3) is 0 Å². The van der Waals surface area contributed by atoms with Crippen LogP contribution < -0.4 is 10.6 Å². The Balaban J connectivity index is 1.86. The van der Waals surface area contributed by atoms with Gasteiger partial charge in [-0.2, -0.15) is 0 Å². The van der Waals surface area contributed by atoms with Crippen molar-refractivity contribution in [2.24, 2.45) is 0 Å². The van der Waals surface area contributed by atoms with Crippen LogP contribution >= 0.6 is 23.2 Å². The molecule has 0 aliphatic carbocycles. The summed E-state index contributed by atoms with van der Waals surface area (Å²) in [7, 11) is 0. The minimum absolute atomic E-state index is 0.0541. The Hall–Kier alpha value is -2.24. The molecule has 0 aromatic heterocycles. The van der Waals surface area contributed by atoms with Crippen molar-refractivity contribution in [3.8, 4) is 0 Å². The topological polar surface area (TPSA) is 67.4 Å². The summed E-state index contributed by atoms with van der Waals surface area (Å²) < 4.78 is 5.06. The maximum Gasteiger partial charge on any atom is 0.338 e. The fourth-order valence-corrected chi connectivity index (χ4v) is 2.43. The number of ether oxygens (including phenoxy) is 1. The van der Waals surface area contributed by atoms with Gasteiger partial charge in [0.25, 0.3) is 0 Å². The van der Waals surface area contributed by atoms with Crippen molar-refractivity contribution in [1.82, 2.24) is 0 Å². The monoisotopic (exact) mass is 380 g/mol. The normalized spacial score (nSPS) is 10.2. The lowest BCUT2D eigenvalue weighted by Gasteiger charge is -2.10. The molecule has 5 nitrogen and oxygen atoms in total. The highest BCUT2D eigenvalue weighted by molar-refractivity contribution is 6.36. The minimum Gasteiger partial charge on any atom is -0.462 e. The maximum absolute atomic E-state index is 12.0. The number of carbonyl (C=O) groups excluding carboxylic acids is 2. The molecule has 0 aliphatic rings. The van der Waals surface area contributed by atoms with Crippen molar-refractivity contribution in [2.75, 3.05) is 23.8 Å². The van der Waals surface area contributed by atoms with E-state index >= 15 is 0 Å². The largest absolute Gasteiger partial charge is 0.462 e. The Morgan fingerprint density at radius 1 is 1.08 bits per heavy atom. The molecule has 0 heterocycles. The van der Waals surface area contributed by atoms with E-state index in [1.54, 1.807) is 42.5 Å². The third-order valence-electron chi connectivity index (χ3n) is 3.22. The highest BCUT2D eigenvalue weighted by atomic mass is 35.5. The van der Waals surface area contributed by atoms with Crippen LogP contribution in [-0.2, 0) is 9.53 Å². The number of carbonyl (C=O) groups is 2. The Kier molecular flexibility index (Phi) is 7.10. The molecule has 0 saturated heterocycles. The zero-order valence-electron chi connectivity index (χ0n) is 13.6. The Morgan fingerprint density at radius 3 is 2.44 bits per heavy atom. The van der Waals surface area contributed by atoms with E-state index in [9.17, 15) is 9.59 Å². The first-order chi connectivity index (χ1) is 12.0. The van der Waals surface area contributed by atoms with Crippen molar-refractivity contribution >= 4 is 46.5 Å². The van der Waals surface area contributed by atoms with Gasteiger partial charge >= 0.3 is 5.97 Å². The van der Waals surface area contributed by atoms with E-state index in [-0.39, 0.29) is 18.4 Å². The van der Waals surface area contributed by atoms with Gasteiger partial charge in [-0.1, -0.05) is 30.1 Å².